The summed E-state index contributed by atoms with van der Waals surface area (Å²) >= 11 is 0. The minimum Gasteiger partial charge on any atom is -0.509 e. The Hall–Kier alpha value is -4.47. The molecule has 52 heavy (non-hydrogen) atoms. The Balaban J connectivity index is 0.00000464. The second-order valence-electron chi connectivity index (χ2n) is 14.9. The Bertz CT molecular complexity index is 2320. The summed E-state index contributed by atoms with van der Waals surface area (Å²) in [5, 5.41) is 7.15. The maximum absolute atomic E-state index is 6.46. The fourth-order valence-corrected chi connectivity index (χ4v) is 7.28. The predicted octanol–water partition coefficient (Wildman–Crippen LogP) is 11.8. The number of fused-ring (bicyclic) bond motifs is 3. The first-order chi connectivity index (χ1) is 24.6. The molecule has 0 bridgehead atoms. The summed E-state index contributed by atoms with van der Waals surface area (Å²) in [6, 6.07) is 29.6. The van der Waals surface area contributed by atoms with E-state index in [9.17, 15) is 0 Å². The molecule has 4 aromatic carbocycles. The Morgan fingerprint density at radius 1 is 0.731 bits per heavy atom. The van der Waals surface area contributed by atoms with Crippen molar-refractivity contribution in [3.8, 4) is 34.1 Å². The van der Waals surface area contributed by atoms with E-state index >= 15 is 0 Å². The molecule has 0 fully saturated rings. The number of hydrogen-bond acceptors (Lipinski definition) is 3. The van der Waals surface area contributed by atoms with Crippen molar-refractivity contribution in [2.45, 2.75) is 81.1 Å². The number of ether oxygens (including phenoxy) is 1. The molecule has 0 aliphatic rings. The number of aromatic nitrogens is 4. The molecule has 6 heteroatoms. The van der Waals surface area contributed by atoms with Crippen LogP contribution in [0.3, 0.4) is 0 Å². The van der Waals surface area contributed by atoms with Crippen molar-refractivity contribution in [3.63, 3.8) is 0 Å². The van der Waals surface area contributed by atoms with E-state index in [1.165, 1.54) is 33.4 Å². The van der Waals surface area contributed by atoms with Crippen LogP contribution in [-0.4, -0.2) is 19.3 Å². The summed E-state index contributed by atoms with van der Waals surface area (Å²) in [6.07, 6.45) is 10.5. The van der Waals surface area contributed by atoms with Crippen LogP contribution in [0.1, 0.15) is 73.9 Å². The van der Waals surface area contributed by atoms with Crippen LogP contribution in [0.25, 0.3) is 44.4 Å². The molecule has 0 aliphatic heterocycles. The van der Waals surface area contributed by atoms with Crippen LogP contribution in [0.15, 0.2) is 85.3 Å². The summed E-state index contributed by atoms with van der Waals surface area (Å²) in [5.41, 5.74) is 13.7. The third-order valence-electron chi connectivity index (χ3n) is 10.4. The molecular formula is C46H48N4OPt. The first-order valence-corrected chi connectivity index (χ1v) is 18.3. The van der Waals surface area contributed by atoms with Crippen molar-refractivity contribution in [2.24, 2.45) is 11.8 Å². The summed E-state index contributed by atoms with van der Waals surface area (Å²) in [7, 11) is 0. The van der Waals surface area contributed by atoms with E-state index in [1.54, 1.807) is 0 Å². The molecule has 0 saturated carbocycles. The second-order valence-corrected chi connectivity index (χ2v) is 14.9. The van der Waals surface area contributed by atoms with Crippen molar-refractivity contribution in [1.82, 2.24) is 19.3 Å². The van der Waals surface area contributed by atoms with E-state index in [0.717, 1.165) is 70.1 Å². The van der Waals surface area contributed by atoms with E-state index < -0.39 is 0 Å². The largest absolute Gasteiger partial charge is 2.00 e. The average Bonchev–Trinajstić information content (AvgIpc) is 3.73. The average molecular weight is 868 g/mol. The number of pyridine rings is 1. The molecule has 0 amide bonds. The quantitative estimate of drug-likeness (QED) is 0.122. The minimum absolute atomic E-state index is 0. The molecule has 3 heterocycles. The van der Waals surface area contributed by atoms with E-state index in [1.807, 2.05) is 47.4 Å². The van der Waals surface area contributed by atoms with Crippen LogP contribution >= 0.6 is 0 Å². The normalized spacial score (nSPS) is 11.6. The van der Waals surface area contributed by atoms with Gasteiger partial charge in [-0.25, -0.2) is 4.98 Å². The van der Waals surface area contributed by atoms with Crippen molar-refractivity contribution in [1.29, 1.82) is 0 Å². The first kappa shape index (κ1) is 37.3. The maximum Gasteiger partial charge on any atom is 2.00 e. The summed E-state index contributed by atoms with van der Waals surface area (Å²) in [6.45, 7) is 18.2. The van der Waals surface area contributed by atoms with Crippen LogP contribution in [0.5, 0.6) is 11.5 Å². The number of rotatable bonds is 11. The molecule has 7 aromatic rings. The zero-order valence-electron chi connectivity index (χ0n) is 31.6. The van der Waals surface area contributed by atoms with Crippen LogP contribution in [-0.2, 0) is 33.9 Å². The van der Waals surface area contributed by atoms with Gasteiger partial charge in [0.15, 0.2) is 0 Å². The zero-order valence-corrected chi connectivity index (χ0v) is 33.9. The molecular weight excluding hydrogens is 820 g/mol. The number of aryl methyl sites for hydroxylation is 1. The van der Waals surface area contributed by atoms with Gasteiger partial charge >= 0.3 is 21.1 Å². The predicted molar refractivity (Wildman–Crippen MR) is 211 cm³/mol. The molecule has 0 saturated heterocycles. The zero-order chi connectivity index (χ0) is 35.8. The Labute approximate surface area is 323 Å². The topological polar surface area (TPSA) is 44.9 Å². The third-order valence-corrected chi connectivity index (χ3v) is 10.4. The van der Waals surface area contributed by atoms with Gasteiger partial charge in [0, 0.05) is 35.0 Å². The first-order valence-electron chi connectivity index (χ1n) is 18.3. The molecule has 0 N–H and O–H groups in total. The molecule has 0 radical (unpaired) electrons. The van der Waals surface area contributed by atoms with Gasteiger partial charge < -0.3 is 9.30 Å². The number of benzene rings is 4. The monoisotopic (exact) mass is 867 g/mol. The van der Waals surface area contributed by atoms with E-state index in [-0.39, 0.29) is 21.1 Å². The fourth-order valence-electron chi connectivity index (χ4n) is 7.28. The molecule has 0 unspecified atom stereocenters. The molecule has 0 spiro atoms. The molecule has 7 rings (SSSR count). The molecule has 3 aromatic heterocycles. The number of nitrogens with zero attached hydrogens (tertiary/aromatic N) is 4. The van der Waals surface area contributed by atoms with Crippen LogP contribution in [0, 0.1) is 51.7 Å². The van der Waals surface area contributed by atoms with E-state index in [0.29, 0.717) is 23.3 Å². The van der Waals surface area contributed by atoms with Crippen LogP contribution in [0.4, 0.5) is 0 Å². The summed E-state index contributed by atoms with van der Waals surface area (Å²) in [5.74, 6) is 3.35. The molecule has 0 atom stereocenters. The number of hydrogen-bond donors (Lipinski definition) is 0. The summed E-state index contributed by atoms with van der Waals surface area (Å²) in [4.78, 5) is 4.71. The van der Waals surface area contributed by atoms with Gasteiger partial charge in [0.25, 0.3) is 0 Å². The van der Waals surface area contributed by atoms with E-state index in [2.05, 4.69) is 115 Å². The van der Waals surface area contributed by atoms with Gasteiger partial charge in [0.2, 0.25) is 0 Å². The van der Waals surface area contributed by atoms with Gasteiger partial charge in [-0.05, 0) is 133 Å². The van der Waals surface area contributed by atoms with E-state index in [4.69, 9.17) is 14.8 Å². The Morgan fingerprint density at radius 3 is 2.12 bits per heavy atom. The number of para-hydroxylation sites is 1. The second kappa shape index (κ2) is 15.6. The van der Waals surface area contributed by atoms with Gasteiger partial charge in [-0.15, -0.1) is 35.7 Å². The SMILES string of the molecule is Cc1ccnc(-n2c3[c-]c(Oc4[c-]c(-n5cc(-c6c(CCC(C)C)c(C)c(C)c(C)c6CCC(C)C)cn5)ccc4)ccc3c3ccccc32)c1.[Pt+2]. The molecule has 268 valence electrons. The van der Waals surface area contributed by atoms with Crippen molar-refractivity contribution in [2.75, 3.05) is 0 Å². The van der Waals surface area contributed by atoms with Crippen molar-refractivity contribution >= 4 is 21.8 Å². The maximum atomic E-state index is 6.46. The molecule has 5 nitrogen and oxygen atoms in total. The Kier molecular flexibility index (Phi) is 11.2. The fraction of sp³-hybridized carbons (Fsp3) is 0.304. The summed E-state index contributed by atoms with van der Waals surface area (Å²) < 4.78 is 10.5. The standard InChI is InChI=1S/C46H48N4O.Pt/c1-29(2)16-19-39-33(7)32(6)34(8)40(20-17-30(3)4)46(39)35-27-48-49(28-35)36-12-11-13-37(25-36)51-38-18-21-42-41-14-9-10-15-43(41)50(44(42)26-38)45-24-31(5)22-23-47-45;/h9-15,18,21-24,27-30H,16-17,19-20H2,1-8H3;/q-2;+2. The third kappa shape index (κ3) is 7.39. The van der Waals surface area contributed by atoms with Gasteiger partial charge in [0.1, 0.15) is 5.82 Å². The molecule has 0 aliphatic carbocycles. The van der Waals surface area contributed by atoms with Crippen LogP contribution in [0.2, 0.25) is 0 Å². The van der Waals surface area contributed by atoms with Crippen molar-refractivity contribution in [3.05, 3.63) is 131 Å². The van der Waals surface area contributed by atoms with Gasteiger partial charge in [-0.3, -0.25) is 4.68 Å². The van der Waals surface area contributed by atoms with Gasteiger partial charge in [-0.1, -0.05) is 51.4 Å². The van der Waals surface area contributed by atoms with Crippen molar-refractivity contribution < 1.29 is 25.8 Å². The van der Waals surface area contributed by atoms with Crippen LogP contribution < -0.4 is 4.74 Å². The minimum atomic E-state index is 0. The van der Waals surface area contributed by atoms with Gasteiger partial charge in [-0.2, -0.15) is 17.2 Å². The Morgan fingerprint density at radius 2 is 1.42 bits per heavy atom. The smallest absolute Gasteiger partial charge is 0.509 e. The van der Waals surface area contributed by atoms with Gasteiger partial charge in [0.05, 0.1) is 6.20 Å².